The second-order valence-electron chi connectivity index (χ2n) is 4.71. The first-order valence-electron chi connectivity index (χ1n) is 6.46. The smallest absolute Gasteiger partial charge is 0.251 e. The topological polar surface area (TPSA) is 108 Å². The first-order valence-corrected chi connectivity index (χ1v) is 7.00. The number of pyridine rings is 1. The van der Waals surface area contributed by atoms with Crippen LogP contribution < -0.4 is 11.5 Å². The number of aromatic nitrogens is 3. The molecule has 3 aromatic rings. The van der Waals surface area contributed by atoms with Gasteiger partial charge in [-0.15, -0.1) is 11.6 Å². The van der Waals surface area contributed by atoms with E-state index in [0.29, 0.717) is 22.6 Å². The Morgan fingerprint density at radius 1 is 1.14 bits per heavy atom. The number of nitrogen functional groups attached to an aromatic ring is 1. The summed E-state index contributed by atoms with van der Waals surface area (Å²) >= 11 is 5.78. The van der Waals surface area contributed by atoms with Crippen LogP contribution in [0.5, 0.6) is 0 Å². The molecule has 7 heteroatoms. The molecule has 22 heavy (non-hydrogen) atoms. The maximum Gasteiger partial charge on any atom is 0.251 e. The Morgan fingerprint density at radius 3 is 2.50 bits per heavy atom. The molecule has 0 spiro atoms. The Morgan fingerprint density at radius 2 is 1.86 bits per heavy atom. The van der Waals surface area contributed by atoms with Crippen molar-refractivity contribution in [1.82, 2.24) is 15.0 Å². The Kier molecular flexibility index (Phi) is 3.60. The van der Waals surface area contributed by atoms with Crippen molar-refractivity contribution >= 4 is 34.4 Å². The van der Waals surface area contributed by atoms with Gasteiger partial charge in [0.15, 0.2) is 5.82 Å². The highest BCUT2D eigenvalue weighted by Gasteiger charge is 2.15. The van der Waals surface area contributed by atoms with Gasteiger partial charge in [0, 0.05) is 11.4 Å². The summed E-state index contributed by atoms with van der Waals surface area (Å²) in [6, 6.07) is 9.13. The van der Waals surface area contributed by atoms with E-state index in [-0.39, 0.29) is 11.4 Å². The molecule has 3 rings (SSSR count). The van der Waals surface area contributed by atoms with Gasteiger partial charge in [0.25, 0.3) is 5.91 Å². The largest absolute Gasteiger partial charge is 0.382 e. The van der Waals surface area contributed by atoms with E-state index in [4.69, 9.17) is 23.1 Å². The Labute approximate surface area is 131 Å². The minimum atomic E-state index is -0.593. The molecule has 0 fully saturated rings. The molecule has 4 N–H and O–H groups in total. The molecule has 1 amide bonds. The number of hydrogen-bond acceptors (Lipinski definition) is 5. The van der Waals surface area contributed by atoms with Gasteiger partial charge in [0.05, 0.1) is 11.3 Å². The van der Waals surface area contributed by atoms with Crippen LogP contribution in [0.3, 0.4) is 0 Å². The summed E-state index contributed by atoms with van der Waals surface area (Å²) in [6.45, 7) is 0. The number of nitrogens with zero attached hydrogens (tertiary/aromatic N) is 3. The Hall–Kier alpha value is -2.73. The molecule has 2 aromatic heterocycles. The number of carbonyl (C=O) groups is 1. The van der Waals surface area contributed by atoms with Crippen molar-refractivity contribution in [2.75, 3.05) is 5.73 Å². The molecule has 0 saturated carbocycles. The van der Waals surface area contributed by atoms with Gasteiger partial charge in [-0.25, -0.2) is 15.0 Å². The molecule has 110 valence electrons. The zero-order valence-electron chi connectivity index (χ0n) is 11.5. The third-order valence-corrected chi connectivity index (χ3v) is 3.60. The van der Waals surface area contributed by atoms with Crippen molar-refractivity contribution in [2.24, 2.45) is 5.73 Å². The quantitative estimate of drug-likeness (QED) is 0.720. The van der Waals surface area contributed by atoms with E-state index >= 15 is 0 Å². The second kappa shape index (κ2) is 5.57. The molecule has 0 aliphatic carbocycles. The number of hydrogen-bond donors (Lipinski definition) is 2. The molecule has 0 aliphatic rings. The number of primary amides is 1. The third kappa shape index (κ3) is 2.44. The predicted molar refractivity (Wildman–Crippen MR) is 85.3 cm³/mol. The standard InChI is InChI=1S/C15H12ClN5O/c16-6-8-1-3-9(4-2-8)11-5-10(15(18)22)12-13(21-11)14(17)20-7-19-12/h1-5,7H,6H2,(H2,18,22)(H2,17,19,20). The van der Waals surface area contributed by atoms with Crippen LogP contribution in [0, 0.1) is 0 Å². The lowest BCUT2D eigenvalue weighted by molar-refractivity contribution is 0.100. The Bertz CT molecular complexity index is 864. The number of amides is 1. The molecule has 1 aromatic carbocycles. The fourth-order valence-corrected chi connectivity index (χ4v) is 2.34. The van der Waals surface area contributed by atoms with Gasteiger partial charge in [-0.05, 0) is 11.6 Å². The third-order valence-electron chi connectivity index (χ3n) is 3.29. The molecule has 0 unspecified atom stereocenters. The van der Waals surface area contributed by atoms with Crippen LogP contribution in [-0.4, -0.2) is 20.9 Å². The van der Waals surface area contributed by atoms with E-state index < -0.39 is 5.91 Å². The summed E-state index contributed by atoms with van der Waals surface area (Å²) in [4.78, 5) is 24.1. The number of alkyl halides is 1. The van der Waals surface area contributed by atoms with Gasteiger partial charge in [-0.2, -0.15) is 0 Å². The zero-order valence-corrected chi connectivity index (χ0v) is 12.2. The van der Waals surface area contributed by atoms with E-state index in [2.05, 4.69) is 15.0 Å². The molecule has 2 heterocycles. The zero-order chi connectivity index (χ0) is 15.7. The normalized spacial score (nSPS) is 10.8. The number of fused-ring (bicyclic) bond motifs is 1. The summed E-state index contributed by atoms with van der Waals surface area (Å²) in [7, 11) is 0. The van der Waals surface area contributed by atoms with Gasteiger partial charge in [-0.1, -0.05) is 24.3 Å². The maximum absolute atomic E-state index is 11.7. The molecule has 0 bridgehead atoms. The fourth-order valence-electron chi connectivity index (χ4n) is 2.16. The lowest BCUT2D eigenvalue weighted by Crippen LogP contribution is -2.13. The summed E-state index contributed by atoms with van der Waals surface area (Å²) in [5.74, 6) is 0.0366. The number of anilines is 1. The highest BCUT2D eigenvalue weighted by molar-refractivity contribution is 6.17. The number of benzene rings is 1. The van der Waals surface area contributed by atoms with Gasteiger partial charge in [0.1, 0.15) is 17.4 Å². The van der Waals surface area contributed by atoms with E-state index in [1.807, 2.05) is 24.3 Å². The van der Waals surface area contributed by atoms with Crippen molar-refractivity contribution in [1.29, 1.82) is 0 Å². The van der Waals surface area contributed by atoms with Gasteiger partial charge in [0.2, 0.25) is 0 Å². The highest BCUT2D eigenvalue weighted by Crippen LogP contribution is 2.25. The molecule has 6 nitrogen and oxygen atoms in total. The predicted octanol–water partition coefficient (Wildman–Crippen LogP) is 2.11. The first kappa shape index (κ1) is 14.2. The van der Waals surface area contributed by atoms with Crippen LogP contribution in [0.25, 0.3) is 22.3 Å². The van der Waals surface area contributed by atoms with Crippen LogP contribution in [0.1, 0.15) is 15.9 Å². The molecular weight excluding hydrogens is 302 g/mol. The minimum absolute atomic E-state index is 0.201. The van der Waals surface area contributed by atoms with Crippen LogP contribution in [0.2, 0.25) is 0 Å². The molecule has 0 radical (unpaired) electrons. The molecule has 0 atom stereocenters. The second-order valence-corrected chi connectivity index (χ2v) is 4.97. The van der Waals surface area contributed by atoms with Crippen molar-refractivity contribution in [2.45, 2.75) is 5.88 Å². The van der Waals surface area contributed by atoms with Crippen molar-refractivity contribution in [3.8, 4) is 11.3 Å². The minimum Gasteiger partial charge on any atom is -0.382 e. The average Bonchev–Trinajstić information content (AvgIpc) is 2.54. The Balaban J connectivity index is 2.25. The average molecular weight is 314 g/mol. The van der Waals surface area contributed by atoms with Crippen LogP contribution in [0.15, 0.2) is 36.7 Å². The lowest BCUT2D eigenvalue weighted by atomic mass is 10.1. The fraction of sp³-hybridized carbons (Fsp3) is 0.0667. The van der Waals surface area contributed by atoms with Crippen molar-refractivity contribution in [3.05, 3.63) is 47.8 Å². The van der Waals surface area contributed by atoms with Crippen LogP contribution >= 0.6 is 11.6 Å². The molecular formula is C15H12ClN5O. The number of rotatable bonds is 3. The van der Waals surface area contributed by atoms with Crippen molar-refractivity contribution < 1.29 is 4.79 Å². The van der Waals surface area contributed by atoms with Crippen LogP contribution in [-0.2, 0) is 5.88 Å². The van der Waals surface area contributed by atoms with E-state index in [1.54, 1.807) is 6.07 Å². The summed E-state index contributed by atoms with van der Waals surface area (Å²) in [6.07, 6.45) is 1.28. The molecule has 0 saturated heterocycles. The monoisotopic (exact) mass is 313 g/mol. The number of nitrogens with two attached hydrogens (primary N) is 2. The van der Waals surface area contributed by atoms with E-state index in [1.165, 1.54) is 6.33 Å². The van der Waals surface area contributed by atoms with E-state index in [0.717, 1.165) is 11.1 Å². The SMILES string of the molecule is NC(=O)c1cc(-c2ccc(CCl)cc2)nc2c(N)ncnc12. The van der Waals surface area contributed by atoms with Gasteiger partial charge >= 0.3 is 0 Å². The van der Waals surface area contributed by atoms with Crippen molar-refractivity contribution in [3.63, 3.8) is 0 Å². The van der Waals surface area contributed by atoms with E-state index in [9.17, 15) is 4.79 Å². The summed E-state index contributed by atoms with van der Waals surface area (Å²) < 4.78 is 0. The lowest BCUT2D eigenvalue weighted by Gasteiger charge is -2.08. The summed E-state index contributed by atoms with van der Waals surface area (Å²) in [5, 5.41) is 0. The number of halogens is 1. The van der Waals surface area contributed by atoms with Gasteiger partial charge < -0.3 is 11.5 Å². The maximum atomic E-state index is 11.7. The summed E-state index contributed by atoms with van der Waals surface area (Å²) in [5.41, 5.74) is 14.6. The first-order chi connectivity index (χ1) is 10.6. The van der Waals surface area contributed by atoms with Crippen LogP contribution in [0.4, 0.5) is 5.82 Å². The van der Waals surface area contributed by atoms with Gasteiger partial charge in [-0.3, -0.25) is 4.79 Å². The number of carbonyl (C=O) groups excluding carboxylic acids is 1. The molecule has 0 aliphatic heterocycles. The highest BCUT2D eigenvalue weighted by atomic mass is 35.5.